The van der Waals surface area contributed by atoms with E-state index in [1.807, 2.05) is 0 Å². The second-order valence-electron chi connectivity index (χ2n) is 13.8. The first-order valence-electron chi connectivity index (χ1n) is 21.6. The lowest BCUT2D eigenvalue weighted by atomic mass is 10.1. The molecule has 0 aliphatic heterocycles. The smallest absolute Gasteiger partial charge is 0.303 e. The molecule has 8 N–H and O–H groups in total. The summed E-state index contributed by atoms with van der Waals surface area (Å²) < 4.78 is 0. The second-order valence-corrected chi connectivity index (χ2v) is 13.8. The van der Waals surface area contributed by atoms with Gasteiger partial charge in [-0.3, -0.25) is 24.0 Å². The van der Waals surface area contributed by atoms with Crippen LogP contribution in [0.3, 0.4) is 0 Å². The lowest BCUT2D eigenvalue weighted by Crippen LogP contribution is -2.15. The molecule has 13 heteroatoms. The molecule has 0 saturated heterocycles. The van der Waals surface area contributed by atoms with Gasteiger partial charge < -0.3 is 40.9 Å². The maximum atomic E-state index is 10.0. The van der Waals surface area contributed by atoms with Crippen molar-refractivity contribution in [2.75, 3.05) is 13.2 Å². The number of carboxylic acids is 5. The van der Waals surface area contributed by atoms with E-state index in [1.54, 1.807) is 0 Å². The number of rotatable bonds is 32. The van der Waals surface area contributed by atoms with E-state index in [-0.39, 0.29) is 13.2 Å². The summed E-state index contributed by atoms with van der Waals surface area (Å²) in [6, 6.07) is 0. The molecule has 0 unspecified atom stereocenters. The van der Waals surface area contributed by atoms with E-state index in [0.717, 1.165) is 64.2 Å². The van der Waals surface area contributed by atoms with Crippen molar-refractivity contribution in [3.8, 4) is 0 Å². The molecule has 338 valence electrons. The predicted octanol–water partition coefficient (Wildman–Crippen LogP) is 10.5. The zero-order valence-corrected chi connectivity index (χ0v) is 36.3. The molecule has 56 heavy (non-hydrogen) atoms. The SMILES string of the molecule is CCCCCCCC(=O)O.CCCCCCCC(=O)O.CCCCCCCC(=O)O.CCCCCCCC(=O)O.CCCCCCCC(=O)O.OCC(O)CO. The van der Waals surface area contributed by atoms with E-state index in [1.165, 1.54) is 96.3 Å². The lowest BCUT2D eigenvalue weighted by molar-refractivity contribution is -0.138. The summed E-state index contributed by atoms with van der Waals surface area (Å²) in [5.41, 5.74) is 0. The van der Waals surface area contributed by atoms with Gasteiger partial charge in [-0.05, 0) is 32.1 Å². The quantitative estimate of drug-likeness (QED) is 0.0295. The van der Waals surface area contributed by atoms with Crippen molar-refractivity contribution in [2.24, 2.45) is 0 Å². The summed E-state index contributed by atoms with van der Waals surface area (Å²) in [4.78, 5) is 50.2. The van der Waals surface area contributed by atoms with Gasteiger partial charge in [-0.25, -0.2) is 0 Å². The minimum absolute atomic E-state index is 0.337. The average molecular weight is 813 g/mol. The molecule has 0 aromatic heterocycles. The van der Waals surface area contributed by atoms with Crippen molar-refractivity contribution in [2.45, 2.75) is 233 Å². The normalized spacial score (nSPS) is 9.73. The topological polar surface area (TPSA) is 247 Å². The Labute approximate surface area is 340 Å². The maximum Gasteiger partial charge on any atom is 0.303 e. The first-order chi connectivity index (χ1) is 26.7. The Morgan fingerprint density at radius 1 is 0.304 bits per heavy atom. The van der Waals surface area contributed by atoms with Crippen LogP contribution >= 0.6 is 0 Å². The third kappa shape index (κ3) is 98.5. The van der Waals surface area contributed by atoms with Gasteiger partial charge in [0, 0.05) is 32.1 Å². The Hall–Kier alpha value is -2.77. The van der Waals surface area contributed by atoms with Crippen LogP contribution < -0.4 is 0 Å². The number of carboxylic acid groups (broad SMARTS) is 5. The Kier molecular flexibility index (Phi) is 71.4. The van der Waals surface area contributed by atoms with E-state index >= 15 is 0 Å². The summed E-state index contributed by atoms with van der Waals surface area (Å²) in [5.74, 6) is -3.35. The Morgan fingerprint density at radius 2 is 0.446 bits per heavy atom. The van der Waals surface area contributed by atoms with Gasteiger partial charge in [-0.2, -0.15) is 0 Å². The molecule has 0 bridgehead atoms. The van der Waals surface area contributed by atoms with Gasteiger partial charge in [-0.15, -0.1) is 0 Å². The molecule has 0 amide bonds. The van der Waals surface area contributed by atoms with Gasteiger partial charge in [0.2, 0.25) is 0 Å². The molecule has 0 saturated carbocycles. The molecule has 0 aliphatic rings. The van der Waals surface area contributed by atoms with Gasteiger partial charge in [-0.1, -0.05) is 163 Å². The zero-order chi connectivity index (χ0) is 44.1. The van der Waals surface area contributed by atoms with Gasteiger partial charge in [0.15, 0.2) is 0 Å². The fourth-order valence-corrected chi connectivity index (χ4v) is 4.46. The Balaban J connectivity index is -0.000000135. The van der Waals surface area contributed by atoms with Crippen LogP contribution in [0, 0.1) is 0 Å². The summed E-state index contributed by atoms with van der Waals surface area (Å²) in [6.45, 7) is 10.0. The van der Waals surface area contributed by atoms with Crippen molar-refractivity contribution in [3.63, 3.8) is 0 Å². The molecule has 0 spiro atoms. The van der Waals surface area contributed by atoms with Crippen LogP contribution in [-0.4, -0.2) is 90.0 Å². The summed E-state index contributed by atoms with van der Waals surface area (Å²) in [6.07, 6.45) is 28.5. The van der Waals surface area contributed by atoms with Crippen molar-refractivity contribution < 1.29 is 64.8 Å². The number of hydrogen-bond donors (Lipinski definition) is 8. The minimum Gasteiger partial charge on any atom is -0.481 e. The van der Waals surface area contributed by atoms with Crippen LogP contribution in [0.2, 0.25) is 0 Å². The zero-order valence-electron chi connectivity index (χ0n) is 36.3. The van der Waals surface area contributed by atoms with E-state index < -0.39 is 36.0 Å². The molecule has 0 radical (unpaired) electrons. The summed E-state index contributed by atoms with van der Waals surface area (Å²) in [5, 5.41) is 65.4. The van der Waals surface area contributed by atoms with Crippen LogP contribution in [0.25, 0.3) is 0 Å². The highest BCUT2D eigenvalue weighted by Crippen LogP contribution is 2.07. The number of hydrogen-bond acceptors (Lipinski definition) is 8. The van der Waals surface area contributed by atoms with Crippen molar-refractivity contribution in [1.82, 2.24) is 0 Å². The van der Waals surface area contributed by atoms with Crippen LogP contribution in [0.4, 0.5) is 0 Å². The maximum absolute atomic E-state index is 10.0. The fraction of sp³-hybridized carbons (Fsp3) is 0.884. The number of carbonyl (C=O) groups is 5. The van der Waals surface area contributed by atoms with Crippen LogP contribution in [0.5, 0.6) is 0 Å². The van der Waals surface area contributed by atoms with Crippen LogP contribution in [-0.2, 0) is 24.0 Å². The Morgan fingerprint density at radius 3 is 0.536 bits per heavy atom. The number of unbranched alkanes of at least 4 members (excludes halogenated alkanes) is 20. The van der Waals surface area contributed by atoms with E-state index in [4.69, 9.17) is 40.9 Å². The molecule has 0 heterocycles. The molecule has 0 aromatic carbocycles. The third-order valence-electron chi connectivity index (χ3n) is 7.89. The molecule has 0 aliphatic carbocycles. The lowest BCUT2D eigenvalue weighted by Gasteiger charge is -1.96. The minimum atomic E-state index is -0.954. The van der Waals surface area contributed by atoms with Gasteiger partial charge in [0.1, 0.15) is 6.10 Å². The molecule has 0 atom stereocenters. The molecular weight excluding hydrogens is 724 g/mol. The van der Waals surface area contributed by atoms with E-state index in [9.17, 15) is 24.0 Å². The van der Waals surface area contributed by atoms with E-state index in [2.05, 4.69) is 34.6 Å². The summed E-state index contributed by atoms with van der Waals surface area (Å²) in [7, 11) is 0. The highest BCUT2D eigenvalue weighted by molar-refractivity contribution is 5.67. The highest BCUT2D eigenvalue weighted by Gasteiger charge is 1.98. The monoisotopic (exact) mass is 813 g/mol. The molecule has 13 nitrogen and oxygen atoms in total. The third-order valence-corrected chi connectivity index (χ3v) is 7.89. The predicted molar refractivity (Wildman–Crippen MR) is 225 cm³/mol. The first-order valence-corrected chi connectivity index (χ1v) is 21.6. The van der Waals surface area contributed by atoms with Gasteiger partial charge in [0.05, 0.1) is 13.2 Å². The highest BCUT2D eigenvalue weighted by atomic mass is 16.4. The second kappa shape index (κ2) is 61.5. The fourth-order valence-electron chi connectivity index (χ4n) is 4.46. The number of aliphatic hydroxyl groups excluding tert-OH is 3. The molecule has 0 rings (SSSR count). The van der Waals surface area contributed by atoms with E-state index in [0.29, 0.717) is 32.1 Å². The number of aliphatic carboxylic acids is 5. The van der Waals surface area contributed by atoms with Gasteiger partial charge in [0.25, 0.3) is 0 Å². The van der Waals surface area contributed by atoms with Crippen LogP contribution in [0.1, 0.15) is 227 Å². The largest absolute Gasteiger partial charge is 0.481 e. The molecule has 0 fully saturated rings. The van der Waals surface area contributed by atoms with Crippen molar-refractivity contribution in [1.29, 1.82) is 0 Å². The molecular formula is C43H88O13. The number of aliphatic hydroxyl groups is 3. The first kappa shape index (κ1) is 65.1. The van der Waals surface area contributed by atoms with Crippen molar-refractivity contribution in [3.05, 3.63) is 0 Å². The standard InChI is InChI=1S/5C8H16O2.C3H8O3/c5*1-2-3-4-5-6-7-8(9)10;4-1-3(6)2-5/h5*2-7H2,1H3,(H,9,10);3-6H,1-2H2. The average Bonchev–Trinajstić information content (AvgIpc) is 3.15. The summed E-state index contributed by atoms with van der Waals surface area (Å²) >= 11 is 0. The Bertz CT molecular complexity index is 663. The molecule has 0 aromatic rings. The van der Waals surface area contributed by atoms with Crippen LogP contribution in [0.15, 0.2) is 0 Å². The van der Waals surface area contributed by atoms with Crippen molar-refractivity contribution >= 4 is 29.8 Å². The van der Waals surface area contributed by atoms with Gasteiger partial charge >= 0.3 is 29.8 Å².